The highest BCUT2D eigenvalue weighted by atomic mass is 35.5. The maximum Gasteiger partial charge on any atom is 0.243 e. The Morgan fingerprint density at radius 2 is 1.83 bits per heavy atom. The summed E-state index contributed by atoms with van der Waals surface area (Å²) in [6.07, 6.45) is 5.47. The molecule has 1 fully saturated rings. The highest BCUT2D eigenvalue weighted by molar-refractivity contribution is 7.89. The Morgan fingerprint density at radius 3 is 2.57 bits per heavy atom. The fourth-order valence-electron chi connectivity index (χ4n) is 4.92. The Bertz CT molecular complexity index is 1090. The molecule has 158 valence electrons. The van der Waals surface area contributed by atoms with Gasteiger partial charge in [0.2, 0.25) is 10.0 Å². The summed E-state index contributed by atoms with van der Waals surface area (Å²) in [5.74, 6) is 0.633. The molecular weight excluding hydrogens is 420 g/mol. The van der Waals surface area contributed by atoms with E-state index in [1.165, 1.54) is 15.4 Å². The zero-order valence-corrected chi connectivity index (χ0v) is 18.4. The van der Waals surface area contributed by atoms with Crippen LogP contribution in [-0.4, -0.2) is 39.0 Å². The van der Waals surface area contributed by atoms with Crippen molar-refractivity contribution < 1.29 is 13.2 Å². The van der Waals surface area contributed by atoms with Crippen molar-refractivity contribution in [3.8, 4) is 0 Å². The number of hydrogen-bond donors (Lipinski definition) is 1. The number of nitrogens with zero attached hydrogens (tertiary/aromatic N) is 1. The van der Waals surface area contributed by atoms with Crippen LogP contribution in [0.3, 0.4) is 0 Å². The molecule has 5 rings (SSSR count). The maximum absolute atomic E-state index is 12.9. The largest absolute Gasteiger partial charge is 0.379 e. The van der Waals surface area contributed by atoms with Crippen LogP contribution in [0, 0.1) is 12.8 Å². The summed E-state index contributed by atoms with van der Waals surface area (Å²) < 4.78 is 32.7. The molecule has 0 spiro atoms. The van der Waals surface area contributed by atoms with Gasteiger partial charge in [-0.15, -0.1) is 0 Å². The molecule has 0 saturated carbocycles. The topological polar surface area (TPSA) is 58.6 Å². The second kappa shape index (κ2) is 7.68. The van der Waals surface area contributed by atoms with Crippen LogP contribution in [0.1, 0.15) is 35.1 Å². The van der Waals surface area contributed by atoms with Crippen LogP contribution in [0.5, 0.6) is 0 Å². The standard InChI is InChI=1S/C23H25ClN2O3S/c1-15-5-10-20(24)21-18-3-2-4-19(18)23(25-22(15)21)16-6-8-17(9-7-16)30(27,28)26-11-13-29-14-12-26/h2-3,5-10,18-19,23,25H,4,11-14H2,1H3/t18-,19-,23-/m1/s1. The lowest BCUT2D eigenvalue weighted by Crippen LogP contribution is -2.40. The van der Waals surface area contributed by atoms with E-state index >= 15 is 0 Å². The molecule has 0 radical (unpaired) electrons. The van der Waals surface area contributed by atoms with Gasteiger partial charge >= 0.3 is 0 Å². The molecule has 0 aromatic heterocycles. The predicted molar refractivity (Wildman–Crippen MR) is 119 cm³/mol. The van der Waals surface area contributed by atoms with Gasteiger partial charge in [0.05, 0.1) is 24.2 Å². The van der Waals surface area contributed by atoms with Gasteiger partial charge in [0.25, 0.3) is 0 Å². The number of aryl methyl sites for hydroxylation is 1. The molecule has 2 aromatic rings. The van der Waals surface area contributed by atoms with E-state index in [-0.39, 0.29) is 12.0 Å². The van der Waals surface area contributed by atoms with Gasteiger partial charge in [-0.1, -0.05) is 42.0 Å². The van der Waals surface area contributed by atoms with Gasteiger partial charge in [0.1, 0.15) is 0 Å². The minimum absolute atomic E-state index is 0.106. The first-order valence-electron chi connectivity index (χ1n) is 10.4. The molecule has 7 heteroatoms. The normalized spacial score (nSPS) is 26.1. The van der Waals surface area contributed by atoms with E-state index in [2.05, 4.69) is 24.4 Å². The molecule has 1 N–H and O–H groups in total. The highest BCUT2D eigenvalue weighted by Crippen LogP contribution is 2.52. The highest BCUT2D eigenvalue weighted by Gasteiger charge is 2.39. The van der Waals surface area contributed by atoms with Gasteiger partial charge in [-0.3, -0.25) is 0 Å². The van der Waals surface area contributed by atoms with Crippen molar-refractivity contribution in [1.29, 1.82) is 0 Å². The molecule has 3 atom stereocenters. The number of rotatable bonds is 3. The van der Waals surface area contributed by atoms with Crippen molar-refractivity contribution in [3.05, 3.63) is 70.3 Å². The van der Waals surface area contributed by atoms with Crippen molar-refractivity contribution in [3.63, 3.8) is 0 Å². The van der Waals surface area contributed by atoms with Gasteiger partial charge in [-0.25, -0.2) is 8.42 Å². The lowest BCUT2D eigenvalue weighted by atomic mass is 9.76. The van der Waals surface area contributed by atoms with E-state index in [1.807, 2.05) is 24.3 Å². The first kappa shape index (κ1) is 20.1. The third-order valence-electron chi connectivity index (χ3n) is 6.52. The van der Waals surface area contributed by atoms with Gasteiger partial charge in [0, 0.05) is 35.3 Å². The number of nitrogens with one attached hydrogen (secondary N) is 1. The Morgan fingerprint density at radius 1 is 1.10 bits per heavy atom. The number of halogens is 1. The van der Waals surface area contributed by atoms with Crippen LogP contribution in [-0.2, 0) is 14.8 Å². The number of morpholine rings is 1. The molecule has 3 aliphatic rings. The van der Waals surface area contributed by atoms with E-state index in [4.69, 9.17) is 16.3 Å². The Hall–Kier alpha value is -1.86. The molecule has 0 amide bonds. The lowest BCUT2D eigenvalue weighted by Gasteiger charge is -2.39. The quantitative estimate of drug-likeness (QED) is 0.708. The first-order valence-corrected chi connectivity index (χ1v) is 12.2. The number of sulfonamides is 1. The summed E-state index contributed by atoms with van der Waals surface area (Å²) in [6, 6.07) is 11.5. The monoisotopic (exact) mass is 444 g/mol. The predicted octanol–water partition coefficient (Wildman–Crippen LogP) is 4.50. The molecule has 2 aromatic carbocycles. The molecule has 1 saturated heterocycles. The van der Waals surface area contributed by atoms with Gasteiger partial charge in [-0.2, -0.15) is 4.31 Å². The molecule has 0 unspecified atom stereocenters. The summed E-state index contributed by atoms with van der Waals surface area (Å²) in [4.78, 5) is 0.338. The van der Waals surface area contributed by atoms with Crippen LogP contribution in [0.25, 0.3) is 0 Å². The summed E-state index contributed by atoms with van der Waals surface area (Å²) in [5.41, 5.74) is 4.55. The molecule has 30 heavy (non-hydrogen) atoms. The number of fused-ring (bicyclic) bond motifs is 3. The maximum atomic E-state index is 12.9. The molecule has 2 aliphatic heterocycles. The fraction of sp³-hybridized carbons (Fsp3) is 0.391. The summed E-state index contributed by atoms with van der Waals surface area (Å²) in [5, 5.41) is 4.52. The summed E-state index contributed by atoms with van der Waals surface area (Å²) >= 11 is 6.57. The summed E-state index contributed by atoms with van der Waals surface area (Å²) in [6.45, 7) is 3.79. The third kappa shape index (κ3) is 3.26. The molecule has 2 heterocycles. The van der Waals surface area contributed by atoms with Gasteiger partial charge in [-0.05, 0) is 48.6 Å². The average Bonchev–Trinajstić information content (AvgIpc) is 3.26. The minimum atomic E-state index is -3.48. The van der Waals surface area contributed by atoms with Crippen molar-refractivity contribution in [2.75, 3.05) is 31.6 Å². The fourth-order valence-corrected chi connectivity index (χ4v) is 6.61. The molecule has 1 aliphatic carbocycles. The van der Waals surface area contributed by atoms with Crippen molar-refractivity contribution >= 4 is 27.3 Å². The van der Waals surface area contributed by atoms with Crippen LogP contribution < -0.4 is 5.32 Å². The Kier molecular flexibility index (Phi) is 5.14. The number of allylic oxidation sites excluding steroid dienone is 2. The number of anilines is 1. The third-order valence-corrected chi connectivity index (χ3v) is 8.76. The zero-order valence-electron chi connectivity index (χ0n) is 16.8. The van der Waals surface area contributed by atoms with Crippen molar-refractivity contribution in [1.82, 2.24) is 4.31 Å². The van der Waals surface area contributed by atoms with E-state index in [9.17, 15) is 8.42 Å². The van der Waals surface area contributed by atoms with E-state index in [0.717, 1.165) is 22.7 Å². The van der Waals surface area contributed by atoms with Crippen LogP contribution in [0.4, 0.5) is 5.69 Å². The first-order chi connectivity index (χ1) is 14.5. The molecule has 5 nitrogen and oxygen atoms in total. The van der Waals surface area contributed by atoms with E-state index < -0.39 is 10.0 Å². The van der Waals surface area contributed by atoms with Crippen LogP contribution in [0.15, 0.2) is 53.4 Å². The van der Waals surface area contributed by atoms with Crippen LogP contribution >= 0.6 is 11.6 Å². The van der Waals surface area contributed by atoms with E-state index in [1.54, 1.807) is 12.1 Å². The van der Waals surface area contributed by atoms with Crippen LogP contribution in [0.2, 0.25) is 5.02 Å². The number of ether oxygens (including phenoxy) is 1. The molecule has 0 bridgehead atoms. The van der Waals surface area contributed by atoms with E-state index in [0.29, 0.717) is 37.1 Å². The molecular formula is C23H25ClN2O3S. The number of benzene rings is 2. The second-order valence-electron chi connectivity index (χ2n) is 8.21. The SMILES string of the molecule is Cc1ccc(Cl)c2c1N[C@H](c1ccc(S(=O)(=O)N3CCOCC3)cc1)[C@@H]1CC=C[C@@H]21. The van der Waals surface area contributed by atoms with Gasteiger partial charge in [0.15, 0.2) is 0 Å². The van der Waals surface area contributed by atoms with Crippen molar-refractivity contribution in [2.24, 2.45) is 5.92 Å². The lowest BCUT2D eigenvalue weighted by molar-refractivity contribution is 0.0730. The van der Waals surface area contributed by atoms with Gasteiger partial charge < -0.3 is 10.1 Å². The second-order valence-corrected chi connectivity index (χ2v) is 10.6. The zero-order chi connectivity index (χ0) is 20.9. The minimum Gasteiger partial charge on any atom is -0.379 e. The number of hydrogen-bond acceptors (Lipinski definition) is 4. The van der Waals surface area contributed by atoms with Crippen molar-refractivity contribution in [2.45, 2.75) is 30.2 Å². The summed E-state index contributed by atoms with van der Waals surface area (Å²) in [7, 11) is -3.48. The average molecular weight is 445 g/mol. The smallest absolute Gasteiger partial charge is 0.243 e. The Labute approximate surface area is 182 Å². The Balaban J connectivity index is 1.47.